The average Bonchev–Trinajstić information content (AvgIpc) is 3.14. The zero-order chi connectivity index (χ0) is 16.9. The summed E-state index contributed by atoms with van der Waals surface area (Å²) in [6.07, 6.45) is 0. The molecule has 0 aliphatic carbocycles. The second-order valence-electron chi connectivity index (χ2n) is 5.71. The number of fused-ring (bicyclic) bond motifs is 3. The van der Waals surface area contributed by atoms with Crippen LogP contribution in [0.3, 0.4) is 0 Å². The Morgan fingerprint density at radius 2 is 1.75 bits per heavy atom. The molecule has 4 rings (SSSR count). The van der Waals surface area contributed by atoms with Crippen molar-refractivity contribution in [2.75, 3.05) is 10.8 Å². The van der Waals surface area contributed by atoms with E-state index in [4.69, 9.17) is 0 Å². The van der Waals surface area contributed by atoms with Crippen LogP contribution in [0.1, 0.15) is 17.3 Å². The lowest BCUT2D eigenvalue weighted by Crippen LogP contribution is -2.29. The molecule has 2 heterocycles. The van der Waals surface area contributed by atoms with Crippen LogP contribution in [0.2, 0.25) is 0 Å². The molecule has 0 spiro atoms. The minimum absolute atomic E-state index is 0.0955. The molecule has 0 unspecified atom stereocenters. The number of imidazole rings is 1. The van der Waals surface area contributed by atoms with E-state index in [1.165, 1.54) is 35.5 Å². The number of sulfonamides is 1. The van der Waals surface area contributed by atoms with Crippen molar-refractivity contribution in [3.63, 3.8) is 0 Å². The number of Topliss-reactive ketones (excluding diaryl/α,β-unsaturated/α-hetero) is 1. The van der Waals surface area contributed by atoms with Crippen molar-refractivity contribution in [1.29, 1.82) is 0 Å². The fourth-order valence-electron chi connectivity index (χ4n) is 2.98. The van der Waals surface area contributed by atoms with Crippen LogP contribution in [0.15, 0.2) is 53.4 Å². The molecule has 1 aromatic heterocycles. The summed E-state index contributed by atoms with van der Waals surface area (Å²) in [5, 5.41) is 0. The molecule has 0 saturated heterocycles. The summed E-state index contributed by atoms with van der Waals surface area (Å²) in [5.41, 5.74) is 2.19. The van der Waals surface area contributed by atoms with Crippen LogP contribution in [-0.2, 0) is 16.6 Å². The zero-order valence-corrected chi connectivity index (χ0v) is 13.8. The van der Waals surface area contributed by atoms with E-state index in [-0.39, 0.29) is 10.7 Å². The predicted molar refractivity (Wildman–Crippen MR) is 90.7 cm³/mol. The lowest BCUT2D eigenvalue weighted by atomic mass is 10.2. The van der Waals surface area contributed by atoms with Gasteiger partial charge in [-0.1, -0.05) is 24.3 Å². The number of aromatic nitrogens is 2. The summed E-state index contributed by atoms with van der Waals surface area (Å²) in [7, 11) is -3.70. The Morgan fingerprint density at radius 1 is 1.04 bits per heavy atom. The molecule has 122 valence electrons. The van der Waals surface area contributed by atoms with E-state index in [1.54, 1.807) is 0 Å². The third-order valence-electron chi connectivity index (χ3n) is 4.23. The van der Waals surface area contributed by atoms with Gasteiger partial charge in [0.2, 0.25) is 5.95 Å². The molecule has 3 aromatic rings. The third-order valence-corrected chi connectivity index (χ3v) is 6.03. The number of rotatable bonds is 3. The number of hydrogen-bond donors (Lipinski definition) is 0. The number of ketones is 1. The molecule has 0 fully saturated rings. The minimum atomic E-state index is -3.70. The van der Waals surface area contributed by atoms with Crippen molar-refractivity contribution in [2.24, 2.45) is 0 Å². The van der Waals surface area contributed by atoms with Crippen molar-refractivity contribution in [3.8, 4) is 0 Å². The molecule has 0 saturated carbocycles. The Balaban J connectivity index is 1.78. The number of carbonyl (C=O) groups excluding carboxylic acids is 1. The van der Waals surface area contributed by atoms with E-state index in [2.05, 4.69) is 4.98 Å². The molecule has 24 heavy (non-hydrogen) atoms. The number of hydrogen-bond acceptors (Lipinski definition) is 4. The molecule has 0 N–H and O–H groups in total. The number of para-hydroxylation sites is 2. The first-order valence-corrected chi connectivity index (χ1v) is 9.01. The Hall–Kier alpha value is -2.67. The highest BCUT2D eigenvalue weighted by Gasteiger charge is 2.33. The van der Waals surface area contributed by atoms with Crippen LogP contribution in [-0.4, -0.2) is 30.3 Å². The van der Waals surface area contributed by atoms with Gasteiger partial charge in [0.15, 0.2) is 5.78 Å². The van der Waals surface area contributed by atoms with E-state index < -0.39 is 10.0 Å². The van der Waals surface area contributed by atoms with Gasteiger partial charge in [-0.2, -0.15) is 0 Å². The number of anilines is 1. The summed E-state index contributed by atoms with van der Waals surface area (Å²) in [6.45, 7) is 2.37. The van der Waals surface area contributed by atoms with Crippen molar-refractivity contribution in [1.82, 2.24) is 9.55 Å². The summed E-state index contributed by atoms with van der Waals surface area (Å²) in [6, 6.07) is 13.6. The van der Waals surface area contributed by atoms with E-state index >= 15 is 0 Å². The first-order valence-electron chi connectivity index (χ1n) is 7.57. The Labute approximate surface area is 139 Å². The van der Waals surface area contributed by atoms with Gasteiger partial charge in [-0.15, -0.1) is 0 Å². The number of carbonyl (C=O) groups is 1. The molecule has 0 atom stereocenters. The zero-order valence-electron chi connectivity index (χ0n) is 13.0. The second kappa shape index (κ2) is 5.17. The first-order chi connectivity index (χ1) is 11.5. The van der Waals surface area contributed by atoms with Crippen molar-refractivity contribution >= 4 is 32.8 Å². The maximum Gasteiger partial charge on any atom is 0.266 e. The van der Waals surface area contributed by atoms with Crippen molar-refractivity contribution in [3.05, 3.63) is 54.1 Å². The standard InChI is InChI=1S/C17H15N3O3S/c1-12(21)13-6-8-14(9-7-13)24(22,23)20-11-10-19-16-5-3-2-4-15(16)18-17(19)20/h2-9H,10-11H2,1H3. The molecule has 0 bridgehead atoms. The van der Waals surface area contributed by atoms with Crippen LogP contribution < -0.4 is 4.31 Å². The molecule has 1 aliphatic heterocycles. The number of nitrogens with zero attached hydrogens (tertiary/aromatic N) is 3. The smallest absolute Gasteiger partial charge is 0.266 e. The van der Waals surface area contributed by atoms with Gasteiger partial charge >= 0.3 is 0 Å². The van der Waals surface area contributed by atoms with E-state index in [1.807, 2.05) is 28.8 Å². The largest absolute Gasteiger partial charge is 0.307 e. The minimum Gasteiger partial charge on any atom is -0.307 e. The van der Waals surface area contributed by atoms with E-state index in [0.29, 0.717) is 24.6 Å². The van der Waals surface area contributed by atoms with Gasteiger partial charge < -0.3 is 4.57 Å². The fourth-order valence-corrected chi connectivity index (χ4v) is 4.39. The Kier molecular flexibility index (Phi) is 3.21. The van der Waals surface area contributed by atoms with Gasteiger partial charge in [0.1, 0.15) is 0 Å². The second-order valence-corrected chi connectivity index (χ2v) is 7.57. The Morgan fingerprint density at radius 3 is 2.46 bits per heavy atom. The lowest BCUT2D eigenvalue weighted by Gasteiger charge is -2.16. The van der Waals surface area contributed by atoms with E-state index in [0.717, 1.165) is 11.0 Å². The van der Waals surface area contributed by atoms with Gasteiger partial charge in [-0.3, -0.25) is 4.79 Å². The highest BCUT2D eigenvalue weighted by atomic mass is 32.2. The molecule has 0 amide bonds. The van der Waals surface area contributed by atoms with Gasteiger partial charge in [0.25, 0.3) is 10.0 Å². The average molecular weight is 341 g/mol. The molecule has 2 aromatic carbocycles. The van der Waals surface area contributed by atoms with Crippen LogP contribution >= 0.6 is 0 Å². The Bertz CT molecular complexity index is 1050. The summed E-state index contributed by atoms with van der Waals surface area (Å²) < 4.78 is 29.1. The predicted octanol–water partition coefficient (Wildman–Crippen LogP) is 2.45. The summed E-state index contributed by atoms with van der Waals surface area (Å²) in [4.78, 5) is 16.0. The topological polar surface area (TPSA) is 72.3 Å². The van der Waals surface area contributed by atoms with Crippen molar-refractivity contribution in [2.45, 2.75) is 18.4 Å². The quantitative estimate of drug-likeness (QED) is 0.686. The van der Waals surface area contributed by atoms with Gasteiger partial charge in [-0.05, 0) is 31.2 Å². The highest BCUT2D eigenvalue weighted by molar-refractivity contribution is 7.92. The number of benzene rings is 2. The van der Waals surface area contributed by atoms with Crippen LogP contribution in [0, 0.1) is 0 Å². The normalized spacial score (nSPS) is 14.1. The monoisotopic (exact) mass is 341 g/mol. The van der Waals surface area contributed by atoms with Crippen molar-refractivity contribution < 1.29 is 13.2 Å². The van der Waals surface area contributed by atoms with Crippen LogP contribution in [0.5, 0.6) is 0 Å². The first kappa shape index (κ1) is 14.9. The fraction of sp³-hybridized carbons (Fsp3) is 0.176. The lowest BCUT2D eigenvalue weighted by molar-refractivity contribution is 0.101. The van der Waals surface area contributed by atoms with Crippen LogP contribution in [0.4, 0.5) is 5.95 Å². The molecule has 0 radical (unpaired) electrons. The molecule has 7 heteroatoms. The maximum atomic E-state index is 12.9. The van der Waals surface area contributed by atoms with Gasteiger partial charge in [0.05, 0.1) is 22.5 Å². The summed E-state index contributed by atoms with van der Waals surface area (Å²) in [5.74, 6) is 0.341. The van der Waals surface area contributed by atoms with Gasteiger partial charge in [-0.25, -0.2) is 17.7 Å². The highest BCUT2D eigenvalue weighted by Crippen LogP contribution is 2.31. The van der Waals surface area contributed by atoms with Gasteiger partial charge in [0, 0.05) is 12.1 Å². The molecular formula is C17H15N3O3S. The van der Waals surface area contributed by atoms with E-state index in [9.17, 15) is 13.2 Å². The SMILES string of the molecule is CC(=O)c1ccc(S(=O)(=O)N2CCn3c2nc2ccccc23)cc1. The molecule has 6 nitrogen and oxygen atoms in total. The third kappa shape index (κ3) is 2.12. The van der Waals surface area contributed by atoms with Crippen LogP contribution in [0.25, 0.3) is 11.0 Å². The summed E-state index contributed by atoms with van der Waals surface area (Å²) >= 11 is 0. The molecular weight excluding hydrogens is 326 g/mol. The molecule has 1 aliphatic rings. The maximum absolute atomic E-state index is 12.9.